The van der Waals surface area contributed by atoms with E-state index in [1.54, 1.807) is 27.7 Å². The molecule has 0 saturated carbocycles. The molecule has 0 aromatic heterocycles. The van der Waals surface area contributed by atoms with Crippen molar-refractivity contribution < 1.29 is 28.3 Å². The van der Waals surface area contributed by atoms with Gasteiger partial charge in [-0.25, -0.2) is 4.79 Å². The largest absolute Gasteiger partial charge is 0.465 e. The molecular weight excluding hydrogens is 510 g/mol. The van der Waals surface area contributed by atoms with Crippen molar-refractivity contribution in [2.75, 3.05) is 19.8 Å². The molecule has 39 heavy (non-hydrogen) atoms. The van der Waals surface area contributed by atoms with E-state index in [4.69, 9.17) is 13.9 Å². The average molecular weight is 554 g/mol. The van der Waals surface area contributed by atoms with Crippen LogP contribution in [0.5, 0.6) is 0 Å². The number of ether oxygens (including phenoxy) is 2. The van der Waals surface area contributed by atoms with Gasteiger partial charge in [0.25, 0.3) is 8.32 Å². The number of esters is 1. The third-order valence-electron chi connectivity index (χ3n) is 7.04. The quantitative estimate of drug-likeness (QED) is 0.281. The fourth-order valence-electron chi connectivity index (χ4n) is 5.24. The van der Waals surface area contributed by atoms with Crippen LogP contribution >= 0.6 is 0 Å². The number of hydrogen-bond acceptors (Lipinski definition) is 6. The standard InChI is InChI=1S/C31H43NO6Si/c1-8-36-28(34)26-21-32(29(35)38-30(2,3)4)23(19-20-27(26)33)22-37-39(31(5,6)7,24-15-11-9-12-16-24)25-17-13-10-14-18-25/h9-18,23,26H,8,19-22H2,1-7H3/t23-,26?/m0/s1. The normalized spacial score (nSPS) is 18.8. The zero-order valence-electron chi connectivity index (χ0n) is 24.4. The molecule has 2 aromatic rings. The van der Waals surface area contributed by atoms with E-state index >= 15 is 0 Å². The molecule has 0 bridgehead atoms. The minimum absolute atomic E-state index is 0.0959. The van der Waals surface area contributed by atoms with Crippen molar-refractivity contribution in [1.82, 2.24) is 4.90 Å². The van der Waals surface area contributed by atoms with E-state index in [2.05, 4.69) is 45.0 Å². The van der Waals surface area contributed by atoms with Crippen molar-refractivity contribution >= 4 is 36.5 Å². The number of carbonyl (C=O) groups is 3. The first-order chi connectivity index (χ1) is 18.3. The number of rotatable bonds is 7. The van der Waals surface area contributed by atoms with Gasteiger partial charge in [-0.15, -0.1) is 0 Å². The van der Waals surface area contributed by atoms with Crippen LogP contribution in [-0.4, -0.2) is 62.5 Å². The number of ketones is 1. The fraction of sp³-hybridized carbons (Fsp3) is 0.516. The highest BCUT2D eigenvalue weighted by atomic mass is 28.4. The Kier molecular flexibility index (Phi) is 9.77. The average Bonchev–Trinajstić information content (AvgIpc) is 3.03. The molecule has 1 aliphatic rings. The lowest BCUT2D eigenvalue weighted by molar-refractivity contribution is -0.151. The van der Waals surface area contributed by atoms with Crippen LogP contribution in [0.3, 0.4) is 0 Å². The van der Waals surface area contributed by atoms with Gasteiger partial charge in [0.2, 0.25) is 0 Å². The van der Waals surface area contributed by atoms with Crippen LogP contribution in [0.25, 0.3) is 0 Å². The SMILES string of the molecule is CCOC(=O)C1CN(C(=O)OC(C)(C)C)[C@H](CO[Si](c2ccccc2)(c2ccccc2)C(C)(C)C)CCC1=O. The molecule has 1 unspecified atom stereocenters. The van der Waals surface area contributed by atoms with Crippen LogP contribution in [0.2, 0.25) is 5.04 Å². The highest BCUT2D eigenvalue weighted by Crippen LogP contribution is 2.37. The summed E-state index contributed by atoms with van der Waals surface area (Å²) in [5.41, 5.74) is -0.740. The van der Waals surface area contributed by atoms with Crippen molar-refractivity contribution in [3.05, 3.63) is 60.7 Å². The highest BCUT2D eigenvalue weighted by molar-refractivity contribution is 6.99. The number of carbonyl (C=O) groups excluding carboxylic acids is 3. The predicted octanol–water partition coefficient (Wildman–Crippen LogP) is 4.71. The molecule has 2 aromatic carbocycles. The summed E-state index contributed by atoms with van der Waals surface area (Å²) in [6, 6.07) is 20.1. The van der Waals surface area contributed by atoms with Crippen molar-refractivity contribution in [3.8, 4) is 0 Å². The number of hydrogen-bond donors (Lipinski definition) is 0. The second-order valence-electron chi connectivity index (χ2n) is 12.1. The minimum atomic E-state index is -2.88. The Hall–Kier alpha value is -2.97. The zero-order valence-corrected chi connectivity index (χ0v) is 25.4. The summed E-state index contributed by atoms with van der Waals surface area (Å²) in [7, 11) is -2.88. The van der Waals surface area contributed by atoms with Crippen molar-refractivity contribution in [3.63, 3.8) is 0 Å². The predicted molar refractivity (Wildman–Crippen MR) is 155 cm³/mol. The molecule has 1 heterocycles. The van der Waals surface area contributed by atoms with Gasteiger partial charge >= 0.3 is 12.1 Å². The molecule has 7 nitrogen and oxygen atoms in total. The van der Waals surface area contributed by atoms with Crippen molar-refractivity contribution in [2.45, 2.75) is 78.0 Å². The molecular formula is C31H43NO6Si. The van der Waals surface area contributed by atoms with Crippen LogP contribution in [0.15, 0.2) is 60.7 Å². The van der Waals surface area contributed by atoms with Crippen molar-refractivity contribution in [2.24, 2.45) is 5.92 Å². The van der Waals surface area contributed by atoms with Crippen LogP contribution in [-0.2, 0) is 23.5 Å². The second-order valence-corrected chi connectivity index (χ2v) is 16.4. The Morgan fingerprint density at radius 2 is 1.46 bits per heavy atom. The van der Waals surface area contributed by atoms with E-state index in [9.17, 15) is 14.4 Å². The summed E-state index contributed by atoms with van der Waals surface area (Å²) in [4.78, 5) is 40.7. The first-order valence-corrected chi connectivity index (χ1v) is 15.6. The van der Waals surface area contributed by atoms with Gasteiger partial charge in [0.15, 0.2) is 0 Å². The number of likely N-dealkylation sites (tertiary alicyclic amines) is 1. The van der Waals surface area contributed by atoms with E-state index in [-0.39, 0.29) is 37.0 Å². The highest BCUT2D eigenvalue weighted by Gasteiger charge is 2.51. The number of amides is 1. The molecule has 8 heteroatoms. The summed E-state index contributed by atoms with van der Waals surface area (Å²) in [5.74, 6) is -1.88. The summed E-state index contributed by atoms with van der Waals surface area (Å²) in [6.07, 6.45) is -0.0495. The van der Waals surface area contributed by atoms with Gasteiger partial charge in [-0.3, -0.25) is 9.59 Å². The van der Waals surface area contributed by atoms with E-state index in [1.807, 2.05) is 36.4 Å². The molecule has 1 saturated heterocycles. The van der Waals surface area contributed by atoms with E-state index in [0.717, 1.165) is 10.4 Å². The molecule has 1 fully saturated rings. The van der Waals surface area contributed by atoms with Gasteiger partial charge < -0.3 is 18.8 Å². The molecule has 0 N–H and O–H groups in total. The maximum absolute atomic E-state index is 13.5. The Balaban J connectivity index is 2.04. The second kappa shape index (κ2) is 12.5. The first kappa shape index (κ1) is 30.6. The van der Waals surface area contributed by atoms with Gasteiger partial charge in [-0.1, -0.05) is 81.4 Å². The third kappa shape index (κ3) is 7.16. The topological polar surface area (TPSA) is 82.1 Å². The smallest absolute Gasteiger partial charge is 0.410 e. The van der Waals surface area contributed by atoms with Gasteiger partial charge in [0, 0.05) is 13.0 Å². The molecule has 2 atom stereocenters. The maximum atomic E-state index is 13.5. The summed E-state index contributed by atoms with van der Waals surface area (Å²) < 4.78 is 18.0. The minimum Gasteiger partial charge on any atom is -0.465 e. The first-order valence-electron chi connectivity index (χ1n) is 13.7. The fourth-order valence-corrected chi connectivity index (χ4v) is 9.83. The number of nitrogens with zero attached hydrogens (tertiary/aromatic N) is 1. The Morgan fingerprint density at radius 1 is 0.923 bits per heavy atom. The lowest BCUT2D eigenvalue weighted by Gasteiger charge is -2.44. The molecule has 3 rings (SSSR count). The summed E-state index contributed by atoms with van der Waals surface area (Å²) >= 11 is 0. The van der Waals surface area contributed by atoms with E-state index < -0.39 is 37.9 Å². The van der Waals surface area contributed by atoms with Gasteiger partial charge in [0.1, 0.15) is 17.3 Å². The number of benzene rings is 2. The molecule has 0 aliphatic carbocycles. The van der Waals surface area contributed by atoms with E-state index in [1.165, 1.54) is 4.90 Å². The molecule has 1 amide bonds. The lowest BCUT2D eigenvalue weighted by atomic mass is 10.0. The Bertz CT molecular complexity index is 1080. The van der Waals surface area contributed by atoms with Gasteiger partial charge in [0.05, 0.1) is 19.3 Å². The summed E-state index contributed by atoms with van der Waals surface area (Å²) in [5, 5.41) is 2.00. The zero-order chi connectivity index (χ0) is 28.8. The van der Waals surface area contributed by atoms with Crippen LogP contribution in [0, 0.1) is 5.92 Å². The van der Waals surface area contributed by atoms with Gasteiger partial charge in [-0.05, 0) is 49.5 Å². The molecule has 0 spiro atoms. The summed E-state index contributed by atoms with van der Waals surface area (Å²) in [6.45, 7) is 13.9. The lowest BCUT2D eigenvalue weighted by Crippen LogP contribution is -2.67. The Morgan fingerprint density at radius 3 is 1.92 bits per heavy atom. The van der Waals surface area contributed by atoms with Crippen LogP contribution < -0.4 is 10.4 Å². The monoisotopic (exact) mass is 553 g/mol. The van der Waals surface area contributed by atoms with Gasteiger partial charge in [-0.2, -0.15) is 0 Å². The third-order valence-corrected chi connectivity index (χ3v) is 12.0. The van der Waals surface area contributed by atoms with Crippen LogP contribution in [0.4, 0.5) is 4.79 Å². The molecule has 1 aliphatic heterocycles. The number of Topliss-reactive ketones (excluding diaryl/α,β-unsaturated/α-hetero) is 1. The maximum Gasteiger partial charge on any atom is 0.410 e. The molecule has 0 radical (unpaired) electrons. The van der Waals surface area contributed by atoms with E-state index in [0.29, 0.717) is 6.42 Å². The van der Waals surface area contributed by atoms with Crippen LogP contribution in [0.1, 0.15) is 61.3 Å². The van der Waals surface area contributed by atoms with Crippen molar-refractivity contribution in [1.29, 1.82) is 0 Å². The Labute approximate surface area is 234 Å². The molecule has 212 valence electrons.